The monoisotopic (exact) mass is 280 g/mol. The van der Waals surface area contributed by atoms with Gasteiger partial charge in [0.15, 0.2) is 5.65 Å². The van der Waals surface area contributed by atoms with Crippen LogP contribution in [0.25, 0.3) is 5.65 Å². The van der Waals surface area contributed by atoms with Crippen LogP contribution in [0.2, 0.25) is 0 Å². The summed E-state index contributed by atoms with van der Waals surface area (Å²) in [6.07, 6.45) is 4.69. The SMILES string of the molecule is O=c1n(Cc2ccc(C#CCO)cc2)nc2cnccn12. The van der Waals surface area contributed by atoms with Gasteiger partial charge in [-0.15, -0.1) is 5.10 Å². The molecule has 0 fully saturated rings. The Morgan fingerprint density at radius 2 is 2.05 bits per heavy atom. The number of benzene rings is 1. The van der Waals surface area contributed by atoms with Gasteiger partial charge >= 0.3 is 5.69 Å². The fourth-order valence-corrected chi connectivity index (χ4v) is 1.99. The standard InChI is InChI=1S/C15H12N4O2/c20-9-1-2-12-3-5-13(6-4-12)11-19-15(21)18-8-7-16-10-14(18)17-19/h3-8,10,20H,9,11H2. The first-order chi connectivity index (χ1) is 10.3. The molecule has 2 heterocycles. The normalized spacial score (nSPS) is 10.3. The molecule has 0 radical (unpaired) electrons. The molecule has 2 aromatic heterocycles. The van der Waals surface area contributed by atoms with Gasteiger partial charge in [0.1, 0.15) is 6.61 Å². The van der Waals surface area contributed by atoms with Crippen molar-refractivity contribution < 1.29 is 5.11 Å². The number of aliphatic hydroxyl groups excluding tert-OH is 1. The molecule has 0 aliphatic carbocycles. The molecule has 1 N–H and O–H groups in total. The van der Waals surface area contributed by atoms with Crippen molar-refractivity contribution in [3.63, 3.8) is 0 Å². The summed E-state index contributed by atoms with van der Waals surface area (Å²) in [5.74, 6) is 5.41. The summed E-state index contributed by atoms with van der Waals surface area (Å²) in [4.78, 5) is 16.1. The van der Waals surface area contributed by atoms with Gasteiger partial charge in [0.25, 0.3) is 0 Å². The minimum Gasteiger partial charge on any atom is -0.384 e. The molecule has 0 saturated carbocycles. The summed E-state index contributed by atoms with van der Waals surface area (Å²) >= 11 is 0. The zero-order chi connectivity index (χ0) is 14.7. The third kappa shape index (κ3) is 2.68. The van der Waals surface area contributed by atoms with Gasteiger partial charge in [-0.05, 0) is 17.7 Å². The lowest BCUT2D eigenvalue weighted by Crippen LogP contribution is -2.21. The van der Waals surface area contributed by atoms with E-state index in [1.54, 1.807) is 18.6 Å². The van der Waals surface area contributed by atoms with Crippen LogP contribution in [0.15, 0.2) is 47.7 Å². The number of rotatable bonds is 2. The van der Waals surface area contributed by atoms with E-state index in [-0.39, 0.29) is 12.3 Å². The number of aromatic nitrogens is 4. The van der Waals surface area contributed by atoms with E-state index < -0.39 is 0 Å². The van der Waals surface area contributed by atoms with E-state index in [1.807, 2.05) is 24.3 Å². The molecule has 3 aromatic rings. The molecule has 0 aliphatic rings. The van der Waals surface area contributed by atoms with Crippen LogP contribution in [0, 0.1) is 11.8 Å². The van der Waals surface area contributed by atoms with Gasteiger partial charge in [0, 0.05) is 18.0 Å². The second-order valence-corrected chi connectivity index (χ2v) is 4.40. The second-order valence-electron chi connectivity index (χ2n) is 4.40. The molecule has 21 heavy (non-hydrogen) atoms. The summed E-state index contributed by atoms with van der Waals surface area (Å²) < 4.78 is 2.85. The van der Waals surface area contributed by atoms with Crippen LogP contribution in [0.3, 0.4) is 0 Å². The highest BCUT2D eigenvalue weighted by molar-refractivity contribution is 5.36. The maximum absolute atomic E-state index is 12.1. The van der Waals surface area contributed by atoms with Crippen molar-refractivity contribution >= 4 is 5.65 Å². The molecule has 6 heteroatoms. The van der Waals surface area contributed by atoms with E-state index in [2.05, 4.69) is 21.9 Å². The number of aliphatic hydroxyl groups is 1. The zero-order valence-electron chi connectivity index (χ0n) is 11.1. The second kappa shape index (κ2) is 5.61. The number of nitrogens with zero attached hydrogens (tertiary/aromatic N) is 4. The van der Waals surface area contributed by atoms with Crippen molar-refractivity contribution in [2.75, 3.05) is 6.61 Å². The van der Waals surface area contributed by atoms with Crippen LogP contribution in [0.1, 0.15) is 11.1 Å². The summed E-state index contributed by atoms with van der Waals surface area (Å²) in [5, 5.41) is 12.9. The minimum atomic E-state index is -0.198. The van der Waals surface area contributed by atoms with E-state index in [4.69, 9.17) is 5.11 Å². The van der Waals surface area contributed by atoms with Crippen LogP contribution < -0.4 is 5.69 Å². The highest BCUT2D eigenvalue weighted by Gasteiger charge is 2.06. The van der Waals surface area contributed by atoms with E-state index in [0.29, 0.717) is 12.2 Å². The number of hydrogen-bond acceptors (Lipinski definition) is 4. The van der Waals surface area contributed by atoms with Crippen LogP contribution >= 0.6 is 0 Å². The molecule has 0 unspecified atom stereocenters. The molecule has 0 aliphatic heterocycles. The molecular formula is C15H12N4O2. The Labute approximate surface area is 120 Å². The average Bonchev–Trinajstić information content (AvgIpc) is 2.83. The summed E-state index contributed by atoms with van der Waals surface area (Å²) in [5.41, 5.74) is 2.09. The first-order valence-electron chi connectivity index (χ1n) is 6.36. The Hall–Kier alpha value is -2.91. The predicted octanol–water partition coefficient (Wildman–Crippen LogP) is 0.283. The molecule has 0 atom stereocenters. The van der Waals surface area contributed by atoms with Gasteiger partial charge in [0.05, 0.1) is 12.7 Å². The molecule has 0 spiro atoms. The molecule has 6 nitrogen and oxygen atoms in total. The van der Waals surface area contributed by atoms with Crippen LogP contribution in [0.5, 0.6) is 0 Å². The Kier molecular flexibility index (Phi) is 3.50. The summed E-state index contributed by atoms with van der Waals surface area (Å²) in [6, 6.07) is 7.47. The number of hydrogen-bond donors (Lipinski definition) is 1. The lowest BCUT2D eigenvalue weighted by Gasteiger charge is -2.00. The number of fused-ring (bicyclic) bond motifs is 1. The summed E-state index contributed by atoms with van der Waals surface area (Å²) in [6.45, 7) is 0.223. The van der Waals surface area contributed by atoms with Gasteiger partial charge in [0.2, 0.25) is 0 Å². The van der Waals surface area contributed by atoms with Gasteiger partial charge < -0.3 is 5.11 Å². The lowest BCUT2D eigenvalue weighted by molar-refractivity contribution is 0.350. The smallest absolute Gasteiger partial charge is 0.350 e. The Balaban J connectivity index is 1.88. The lowest BCUT2D eigenvalue weighted by atomic mass is 10.1. The van der Waals surface area contributed by atoms with Gasteiger partial charge in [-0.1, -0.05) is 24.0 Å². The van der Waals surface area contributed by atoms with Crippen molar-refractivity contribution in [2.24, 2.45) is 0 Å². The zero-order valence-corrected chi connectivity index (χ0v) is 11.1. The molecular weight excluding hydrogens is 268 g/mol. The largest absolute Gasteiger partial charge is 0.384 e. The first-order valence-corrected chi connectivity index (χ1v) is 6.36. The molecule has 0 saturated heterocycles. The maximum Gasteiger partial charge on any atom is 0.350 e. The van der Waals surface area contributed by atoms with Crippen LogP contribution in [0.4, 0.5) is 0 Å². The van der Waals surface area contributed by atoms with Crippen molar-refractivity contribution in [2.45, 2.75) is 6.54 Å². The van der Waals surface area contributed by atoms with Crippen molar-refractivity contribution in [3.05, 3.63) is 64.5 Å². The highest BCUT2D eigenvalue weighted by Crippen LogP contribution is 2.05. The molecule has 0 bridgehead atoms. The third-order valence-corrected chi connectivity index (χ3v) is 2.99. The van der Waals surface area contributed by atoms with Crippen LogP contribution in [-0.4, -0.2) is 30.9 Å². The van der Waals surface area contributed by atoms with E-state index >= 15 is 0 Å². The average molecular weight is 280 g/mol. The Morgan fingerprint density at radius 1 is 1.24 bits per heavy atom. The molecule has 0 amide bonds. The fourth-order valence-electron chi connectivity index (χ4n) is 1.99. The van der Waals surface area contributed by atoms with Crippen molar-refractivity contribution in [1.29, 1.82) is 0 Å². The maximum atomic E-state index is 12.1. The Morgan fingerprint density at radius 3 is 2.76 bits per heavy atom. The molecule has 1 aromatic carbocycles. The van der Waals surface area contributed by atoms with Crippen molar-refractivity contribution in [1.82, 2.24) is 19.2 Å². The van der Waals surface area contributed by atoms with Crippen LogP contribution in [-0.2, 0) is 6.54 Å². The molecule has 104 valence electrons. The third-order valence-electron chi connectivity index (χ3n) is 2.99. The van der Waals surface area contributed by atoms with E-state index in [9.17, 15) is 4.79 Å². The van der Waals surface area contributed by atoms with E-state index in [1.165, 1.54) is 9.08 Å². The highest BCUT2D eigenvalue weighted by atomic mass is 16.2. The quantitative estimate of drug-likeness (QED) is 0.685. The first kappa shape index (κ1) is 13.1. The molecule has 3 rings (SSSR count). The Bertz CT molecular complexity index is 882. The minimum absolute atomic E-state index is 0.160. The van der Waals surface area contributed by atoms with Gasteiger partial charge in [-0.3, -0.25) is 4.98 Å². The van der Waals surface area contributed by atoms with E-state index in [0.717, 1.165) is 11.1 Å². The summed E-state index contributed by atoms with van der Waals surface area (Å²) in [7, 11) is 0. The predicted molar refractivity (Wildman–Crippen MR) is 76.8 cm³/mol. The topological polar surface area (TPSA) is 72.4 Å². The van der Waals surface area contributed by atoms with Crippen molar-refractivity contribution in [3.8, 4) is 11.8 Å². The van der Waals surface area contributed by atoms with Gasteiger partial charge in [-0.25, -0.2) is 13.9 Å². The van der Waals surface area contributed by atoms with Gasteiger partial charge in [-0.2, -0.15) is 0 Å². The fraction of sp³-hybridized carbons (Fsp3) is 0.133.